The summed E-state index contributed by atoms with van der Waals surface area (Å²) < 4.78 is 0. The predicted molar refractivity (Wildman–Crippen MR) is 75.9 cm³/mol. The Kier molecular flexibility index (Phi) is 3.95. The Morgan fingerprint density at radius 3 is 2.61 bits per heavy atom. The number of rotatable bonds is 4. The van der Waals surface area contributed by atoms with Gasteiger partial charge in [0.25, 0.3) is 0 Å². The lowest BCUT2D eigenvalue weighted by molar-refractivity contribution is 0.694. The molecule has 0 radical (unpaired) electrons. The number of para-hydroxylation sites is 1. The Morgan fingerprint density at radius 1 is 1.28 bits per heavy atom. The minimum atomic E-state index is 0.0713. The predicted octanol–water partition coefficient (Wildman–Crippen LogP) is 3.54. The van der Waals surface area contributed by atoms with Crippen molar-refractivity contribution in [2.75, 3.05) is 5.32 Å². The lowest BCUT2D eigenvalue weighted by Gasteiger charge is -2.13. The van der Waals surface area contributed by atoms with Gasteiger partial charge in [0, 0.05) is 17.9 Å². The lowest BCUT2D eigenvalue weighted by Crippen LogP contribution is -2.10. The fourth-order valence-electron chi connectivity index (χ4n) is 1.82. The standard InChI is InChI=1S/C15H19N3/c1-3-14(16)12-9-11(2)15(17-10-12)18-13-7-5-4-6-8-13/h4-10,14H,3,16H2,1-2H3,(H,17,18). The van der Waals surface area contributed by atoms with Crippen LogP contribution in [0, 0.1) is 6.92 Å². The average molecular weight is 241 g/mol. The van der Waals surface area contributed by atoms with E-state index in [0.717, 1.165) is 29.1 Å². The molecule has 3 N–H and O–H groups in total. The molecule has 94 valence electrons. The van der Waals surface area contributed by atoms with Gasteiger partial charge in [-0.1, -0.05) is 25.1 Å². The van der Waals surface area contributed by atoms with E-state index in [-0.39, 0.29) is 6.04 Å². The number of aryl methyl sites for hydroxylation is 1. The highest BCUT2D eigenvalue weighted by molar-refractivity contribution is 5.59. The fraction of sp³-hybridized carbons (Fsp3) is 0.267. The van der Waals surface area contributed by atoms with Gasteiger partial charge >= 0.3 is 0 Å². The summed E-state index contributed by atoms with van der Waals surface area (Å²) in [4.78, 5) is 4.45. The molecule has 1 unspecified atom stereocenters. The van der Waals surface area contributed by atoms with Crippen molar-refractivity contribution in [3.63, 3.8) is 0 Å². The van der Waals surface area contributed by atoms with Gasteiger partial charge in [0.2, 0.25) is 0 Å². The smallest absolute Gasteiger partial charge is 0.133 e. The van der Waals surface area contributed by atoms with Gasteiger partial charge in [0.1, 0.15) is 5.82 Å². The molecule has 3 heteroatoms. The van der Waals surface area contributed by atoms with E-state index in [1.165, 1.54) is 0 Å². The third-order valence-corrected chi connectivity index (χ3v) is 3.00. The molecule has 0 amide bonds. The molecule has 2 aromatic rings. The first-order chi connectivity index (χ1) is 8.70. The fourth-order valence-corrected chi connectivity index (χ4v) is 1.82. The molecule has 3 nitrogen and oxygen atoms in total. The molecule has 0 aliphatic rings. The van der Waals surface area contributed by atoms with E-state index in [1.807, 2.05) is 43.5 Å². The van der Waals surface area contributed by atoms with E-state index in [9.17, 15) is 0 Å². The average Bonchev–Trinajstić information content (AvgIpc) is 2.41. The minimum absolute atomic E-state index is 0.0713. The number of nitrogens with two attached hydrogens (primary N) is 1. The highest BCUT2D eigenvalue weighted by Gasteiger charge is 2.07. The summed E-state index contributed by atoms with van der Waals surface area (Å²) in [6.45, 7) is 4.13. The van der Waals surface area contributed by atoms with Gasteiger partial charge in [-0.05, 0) is 42.7 Å². The molecule has 1 aromatic heterocycles. The summed E-state index contributed by atoms with van der Waals surface area (Å²) in [5.74, 6) is 0.883. The first-order valence-corrected chi connectivity index (χ1v) is 6.25. The second-order valence-corrected chi connectivity index (χ2v) is 4.44. The number of aromatic nitrogens is 1. The Bertz CT molecular complexity index is 508. The molecule has 0 saturated heterocycles. The Hall–Kier alpha value is -1.87. The van der Waals surface area contributed by atoms with Crippen molar-refractivity contribution in [2.45, 2.75) is 26.3 Å². The number of nitrogens with zero attached hydrogens (tertiary/aromatic N) is 1. The third-order valence-electron chi connectivity index (χ3n) is 3.00. The van der Waals surface area contributed by atoms with Crippen molar-refractivity contribution in [1.29, 1.82) is 0 Å². The van der Waals surface area contributed by atoms with Gasteiger partial charge < -0.3 is 11.1 Å². The Balaban J connectivity index is 2.20. The molecule has 1 aromatic carbocycles. The second-order valence-electron chi connectivity index (χ2n) is 4.44. The van der Waals surface area contributed by atoms with Gasteiger partial charge in [-0.2, -0.15) is 0 Å². The van der Waals surface area contributed by atoms with Gasteiger partial charge in [-0.15, -0.1) is 0 Å². The monoisotopic (exact) mass is 241 g/mol. The van der Waals surface area contributed by atoms with Crippen LogP contribution in [0.3, 0.4) is 0 Å². The molecule has 0 spiro atoms. The lowest BCUT2D eigenvalue weighted by atomic mass is 10.1. The van der Waals surface area contributed by atoms with Crippen molar-refractivity contribution in [2.24, 2.45) is 5.73 Å². The summed E-state index contributed by atoms with van der Waals surface area (Å²) in [6.07, 6.45) is 2.78. The number of hydrogen-bond donors (Lipinski definition) is 2. The minimum Gasteiger partial charge on any atom is -0.340 e. The van der Waals surface area contributed by atoms with Gasteiger partial charge in [-0.3, -0.25) is 0 Å². The molecular weight excluding hydrogens is 222 g/mol. The van der Waals surface area contributed by atoms with E-state index in [1.54, 1.807) is 0 Å². The zero-order valence-corrected chi connectivity index (χ0v) is 10.9. The molecule has 0 saturated carbocycles. The normalized spacial score (nSPS) is 12.2. The molecule has 1 atom stereocenters. The highest BCUT2D eigenvalue weighted by Crippen LogP contribution is 2.21. The number of hydrogen-bond acceptors (Lipinski definition) is 3. The van der Waals surface area contributed by atoms with Crippen molar-refractivity contribution in [3.05, 3.63) is 53.7 Å². The maximum Gasteiger partial charge on any atom is 0.133 e. The summed E-state index contributed by atoms with van der Waals surface area (Å²) in [7, 11) is 0. The molecule has 2 rings (SSSR count). The first kappa shape index (κ1) is 12.6. The zero-order chi connectivity index (χ0) is 13.0. The van der Waals surface area contributed by atoms with Crippen LogP contribution in [0.5, 0.6) is 0 Å². The van der Waals surface area contributed by atoms with E-state index < -0.39 is 0 Å². The molecular formula is C15H19N3. The largest absolute Gasteiger partial charge is 0.340 e. The van der Waals surface area contributed by atoms with Crippen LogP contribution in [-0.2, 0) is 0 Å². The van der Waals surface area contributed by atoms with Crippen LogP contribution < -0.4 is 11.1 Å². The van der Waals surface area contributed by atoms with Gasteiger partial charge in [0.15, 0.2) is 0 Å². The van der Waals surface area contributed by atoms with Crippen LogP contribution in [0.25, 0.3) is 0 Å². The van der Waals surface area contributed by atoms with E-state index >= 15 is 0 Å². The first-order valence-electron chi connectivity index (χ1n) is 6.25. The third kappa shape index (κ3) is 2.87. The maximum atomic E-state index is 6.01. The van der Waals surface area contributed by atoms with E-state index in [4.69, 9.17) is 5.73 Å². The van der Waals surface area contributed by atoms with Crippen molar-refractivity contribution in [3.8, 4) is 0 Å². The number of pyridine rings is 1. The maximum absolute atomic E-state index is 6.01. The van der Waals surface area contributed by atoms with Gasteiger partial charge in [-0.25, -0.2) is 4.98 Å². The van der Waals surface area contributed by atoms with Crippen LogP contribution in [0.2, 0.25) is 0 Å². The SMILES string of the molecule is CCC(N)c1cnc(Nc2ccccc2)c(C)c1. The molecule has 0 fully saturated rings. The number of benzene rings is 1. The molecule has 0 aliphatic heterocycles. The van der Waals surface area contributed by atoms with Crippen LogP contribution in [0.4, 0.5) is 11.5 Å². The molecule has 1 heterocycles. The molecule has 18 heavy (non-hydrogen) atoms. The van der Waals surface area contributed by atoms with Crippen molar-refractivity contribution in [1.82, 2.24) is 4.98 Å². The molecule has 0 bridgehead atoms. The summed E-state index contributed by atoms with van der Waals surface area (Å²) in [6, 6.07) is 12.2. The summed E-state index contributed by atoms with van der Waals surface area (Å²) >= 11 is 0. The van der Waals surface area contributed by atoms with E-state index in [0.29, 0.717) is 0 Å². The van der Waals surface area contributed by atoms with Crippen LogP contribution >= 0.6 is 0 Å². The van der Waals surface area contributed by atoms with Crippen molar-refractivity contribution < 1.29 is 0 Å². The van der Waals surface area contributed by atoms with Crippen LogP contribution in [-0.4, -0.2) is 4.98 Å². The number of anilines is 2. The summed E-state index contributed by atoms with van der Waals surface area (Å²) in [5.41, 5.74) is 9.25. The Morgan fingerprint density at radius 2 is 2.00 bits per heavy atom. The molecule has 0 aliphatic carbocycles. The quantitative estimate of drug-likeness (QED) is 0.860. The highest BCUT2D eigenvalue weighted by atomic mass is 15.0. The van der Waals surface area contributed by atoms with Gasteiger partial charge in [0.05, 0.1) is 0 Å². The second kappa shape index (κ2) is 5.65. The van der Waals surface area contributed by atoms with Crippen LogP contribution in [0.1, 0.15) is 30.5 Å². The van der Waals surface area contributed by atoms with E-state index in [2.05, 4.69) is 23.3 Å². The summed E-state index contributed by atoms with van der Waals surface area (Å²) in [5, 5.41) is 3.30. The topological polar surface area (TPSA) is 50.9 Å². The van der Waals surface area contributed by atoms with Crippen molar-refractivity contribution >= 4 is 11.5 Å². The zero-order valence-electron chi connectivity index (χ0n) is 10.9. The van der Waals surface area contributed by atoms with Crippen LogP contribution in [0.15, 0.2) is 42.6 Å². The number of nitrogens with one attached hydrogen (secondary N) is 1. The Labute approximate surface area is 108 Å².